The van der Waals surface area contributed by atoms with Gasteiger partial charge in [-0.25, -0.2) is 9.48 Å². The maximum absolute atomic E-state index is 12.6. The highest BCUT2D eigenvalue weighted by Gasteiger charge is 2.16. The Kier molecular flexibility index (Phi) is 6.26. The van der Waals surface area contributed by atoms with E-state index in [2.05, 4.69) is 10.4 Å². The van der Waals surface area contributed by atoms with Crippen molar-refractivity contribution in [1.29, 1.82) is 0 Å². The summed E-state index contributed by atoms with van der Waals surface area (Å²) in [5.41, 5.74) is 1.64. The number of nitrogens with zero attached hydrogens (tertiary/aromatic N) is 3. The van der Waals surface area contributed by atoms with Gasteiger partial charge < -0.3 is 10.1 Å². The van der Waals surface area contributed by atoms with Crippen molar-refractivity contribution in [1.82, 2.24) is 19.7 Å². The predicted octanol–water partition coefficient (Wildman–Crippen LogP) is 2.10. The van der Waals surface area contributed by atoms with E-state index >= 15 is 0 Å². The Hall–Kier alpha value is -3.35. The third-order valence-electron chi connectivity index (χ3n) is 4.46. The molecule has 0 radical (unpaired) electrons. The molecule has 1 amide bonds. The number of amides is 1. The van der Waals surface area contributed by atoms with Crippen molar-refractivity contribution in [2.45, 2.75) is 26.4 Å². The Morgan fingerprint density at radius 3 is 2.46 bits per heavy atom. The van der Waals surface area contributed by atoms with Crippen molar-refractivity contribution in [2.75, 3.05) is 13.7 Å². The number of benzene rings is 2. The summed E-state index contributed by atoms with van der Waals surface area (Å²) in [6.07, 6.45) is 0.738. The average Bonchev–Trinajstić information content (AvgIpc) is 3.04. The standard InChI is InChI=1S/C21H24N4O3/c1-3-24-20(17-9-11-18(28-2)12-10-17)23-25(21(24)27)15-19(26)22-14-13-16-7-5-4-6-8-16/h4-12H,3,13-15H2,1-2H3,(H,22,26). The summed E-state index contributed by atoms with van der Waals surface area (Å²) in [5, 5.41) is 7.22. The molecule has 3 aromatic rings. The molecule has 0 saturated heterocycles. The Bertz CT molecular complexity index is 975. The molecular formula is C21H24N4O3. The van der Waals surface area contributed by atoms with E-state index in [1.165, 1.54) is 4.68 Å². The van der Waals surface area contributed by atoms with Crippen molar-refractivity contribution in [2.24, 2.45) is 0 Å². The Labute approximate surface area is 163 Å². The number of hydrogen-bond donors (Lipinski definition) is 1. The number of methoxy groups -OCH3 is 1. The van der Waals surface area contributed by atoms with Gasteiger partial charge in [-0.05, 0) is 43.2 Å². The van der Waals surface area contributed by atoms with Gasteiger partial charge in [0.2, 0.25) is 5.91 Å². The summed E-state index contributed by atoms with van der Waals surface area (Å²) in [5.74, 6) is 1.03. The first-order valence-corrected chi connectivity index (χ1v) is 9.25. The second-order valence-corrected chi connectivity index (χ2v) is 6.32. The summed E-state index contributed by atoms with van der Waals surface area (Å²) >= 11 is 0. The summed E-state index contributed by atoms with van der Waals surface area (Å²) in [7, 11) is 1.60. The lowest BCUT2D eigenvalue weighted by Crippen LogP contribution is -2.34. The first-order valence-electron chi connectivity index (χ1n) is 9.25. The number of carbonyl (C=O) groups is 1. The van der Waals surface area contributed by atoms with Crippen molar-refractivity contribution >= 4 is 5.91 Å². The minimum atomic E-state index is -0.300. The minimum absolute atomic E-state index is 0.107. The zero-order valence-electron chi connectivity index (χ0n) is 16.1. The molecule has 7 heteroatoms. The highest BCUT2D eigenvalue weighted by atomic mass is 16.5. The smallest absolute Gasteiger partial charge is 0.346 e. The third kappa shape index (κ3) is 4.49. The SMILES string of the molecule is CCn1c(-c2ccc(OC)cc2)nn(CC(=O)NCCc2ccccc2)c1=O. The van der Waals surface area contributed by atoms with Crippen LogP contribution in [0.25, 0.3) is 11.4 Å². The molecule has 0 aliphatic carbocycles. The molecule has 2 aromatic carbocycles. The van der Waals surface area contributed by atoms with Gasteiger partial charge in [0.25, 0.3) is 0 Å². The van der Waals surface area contributed by atoms with Gasteiger partial charge >= 0.3 is 5.69 Å². The highest BCUT2D eigenvalue weighted by molar-refractivity contribution is 5.75. The van der Waals surface area contributed by atoms with Crippen molar-refractivity contribution in [3.05, 3.63) is 70.6 Å². The highest BCUT2D eigenvalue weighted by Crippen LogP contribution is 2.19. The van der Waals surface area contributed by atoms with E-state index in [1.54, 1.807) is 11.7 Å². The Balaban J connectivity index is 1.69. The van der Waals surface area contributed by atoms with Crippen LogP contribution in [0.5, 0.6) is 5.75 Å². The Morgan fingerprint density at radius 1 is 1.11 bits per heavy atom. The fourth-order valence-corrected chi connectivity index (χ4v) is 2.97. The molecule has 0 aliphatic heterocycles. The van der Waals surface area contributed by atoms with Crippen molar-refractivity contribution in [3.63, 3.8) is 0 Å². The normalized spacial score (nSPS) is 10.6. The van der Waals surface area contributed by atoms with Crippen LogP contribution in [0, 0.1) is 0 Å². The van der Waals surface area contributed by atoms with Gasteiger partial charge in [0.05, 0.1) is 7.11 Å². The van der Waals surface area contributed by atoms with Crippen molar-refractivity contribution in [3.8, 4) is 17.1 Å². The van der Waals surface area contributed by atoms with Crippen LogP contribution >= 0.6 is 0 Å². The van der Waals surface area contributed by atoms with Crippen LogP contribution in [-0.4, -0.2) is 33.9 Å². The van der Waals surface area contributed by atoms with Crippen LogP contribution in [-0.2, 0) is 24.3 Å². The predicted molar refractivity (Wildman–Crippen MR) is 107 cm³/mol. The van der Waals surface area contributed by atoms with Crippen LogP contribution < -0.4 is 15.7 Å². The number of rotatable bonds is 8. The number of carbonyl (C=O) groups excluding carboxylic acids is 1. The van der Waals surface area contributed by atoms with Gasteiger partial charge in [0.1, 0.15) is 12.3 Å². The lowest BCUT2D eigenvalue weighted by molar-refractivity contribution is -0.121. The monoisotopic (exact) mass is 380 g/mol. The van der Waals surface area contributed by atoms with Crippen molar-refractivity contribution < 1.29 is 9.53 Å². The van der Waals surface area contributed by atoms with E-state index in [0.29, 0.717) is 18.9 Å². The number of ether oxygens (including phenoxy) is 1. The number of hydrogen-bond acceptors (Lipinski definition) is 4. The lowest BCUT2D eigenvalue weighted by Gasteiger charge is -2.05. The summed E-state index contributed by atoms with van der Waals surface area (Å²) in [6.45, 7) is 2.75. The molecule has 0 aliphatic rings. The van der Waals surface area contributed by atoms with Crippen LogP contribution in [0.1, 0.15) is 12.5 Å². The summed E-state index contributed by atoms with van der Waals surface area (Å²) in [4.78, 5) is 24.9. The maximum Gasteiger partial charge on any atom is 0.346 e. The average molecular weight is 380 g/mol. The van der Waals surface area contributed by atoms with Crippen LogP contribution in [0.3, 0.4) is 0 Å². The lowest BCUT2D eigenvalue weighted by atomic mass is 10.1. The van der Waals surface area contributed by atoms with E-state index in [-0.39, 0.29) is 18.1 Å². The second-order valence-electron chi connectivity index (χ2n) is 6.32. The molecule has 0 atom stereocenters. The molecule has 0 spiro atoms. The zero-order valence-corrected chi connectivity index (χ0v) is 16.1. The molecule has 146 valence electrons. The van der Waals surface area contributed by atoms with E-state index < -0.39 is 0 Å². The van der Waals surface area contributed by atoms with Gasteiger partial charge in [0, 0.05) is 18.7 Å². The fourth-order valence-electron chi connectivity index (χ4n) is 2.97. The molecule has 0 saturated carbocycles. The van der Waals surface area contributed by atoms with E-state index in [9.17, 15) is 9.59 Å². The second kappa shape index (κ2) is 9.03. The Morgan fingerprint density at radius 2 is 1.82 bits per heavy atom. The molecule has 3 rings (SSSR count). The minimum Gasteiger partial charge on any atom is -0.497 e. The molecule has 1 heterocycles. The first-order chi connectivity index (χ1) is 13.6. The molecular weight excluding hydrogens is 356 g/mol. The number of aromatic nitrogens is 3. The van der Waals surface area contributed by atoms with Gasteiger partial charge in [-0.15, -0.1) is 5.10 Å². The molecule has 0 unspecified atom stereocenters. The first kappa shape index (κ1) is 19.4. The molecule has 28 heavy (non-hydrogen) atoms. The molecule has 7 nitrogen and oxygen atoms in total. The number of nitrogens with one attached hydrogen (secondary N) is 1. The van der Waals surface area contributed by atoms with Gasteiger partial charge in [-0.1, -0.05) is 30.3 Å². The van der Waals surface area contributed by atoms with Crippen LogP contribution in [0.2, 0.25) is 0 Å². The third-order valence-corrected chi connectivity index (χ3v) is 4.46. The topological polar surface area (TPSA) is 78.2 Å². The van der Waals surface area contributed by atoms with Gasteiger partial charge in [0.15, 0.2) is 5.82 Å². The molecule has 0 bridgehead atoms. The van der Waals surface area contributed by atoms with Gasteiger partial charge in [-0.2, -0.15) is 0 Å². The van der Waals surface area contributed by atoms with Gasteiger partial charge in [-0.3, -0.25) is 9.36 Å². The van der Waals surface area contributed by atoms with E-state index in [0.717, 1.165) is 23.3 Å². The van der Waals surface area contributed by atoms with E-state index in [1.807, 2.05) is 61.5 Å². The molecule has 1 N–H and O–H groups in total. The quantitative estimate of drug-likeness (QED) is 0.649. The molecule has 1 aromatic heterocycles. The fraction of sp³-hybridized carbons (Fsp3) is 0.286. The van der Waals surface area contributed by atoms with Crippen LogP contribution in [0.15, 0.2) is 59.4 Å². The summed E-state index contributed by atoms with van der Waals surface area (Å²) in [6, 6.07) is 17.2. The largest absolute Gasteiger partial charge is 0.497 e. The van der Waals surface area contributed by atoms with E-state index in [4.69, 9.17) is 4.74 Å². The molecule has 0 fully saturated rings. The zero-order chi connectivity index (χ0) is 19.9. The van der Waals surface area contributed by atoms with Crippen LogP contribution in [0.4, 0.5) is 0 Å². The summed E-state index contributed by atoms with van der Waals surface area (Å²) < 4.78 is 7.93. The maximum atomic E-state index is 12.6.